The molecule has 1 amide bonds. The number of benzene rings is 1. The summed E-state index contributed by atoms with van der Waals surface area (Å²) in [5.41, 5.74) is 0.926. The van der Waals surface area contributed by atoms with Crippen LogP contribution in [0.15, 0.2) is 58.6 Å². The van der Waals surface area contributed by atoms with Gasteiger partial charge in [-0.25, -0.2) is 17.7 Å². The first-order valence-corrected chi connectivity index (χ1v) is 11.6. The number of carbonyl (C=O) groups excluding carboxylic acids is 1. The topological polar surface area (TPSA) is 70.6 Å². The minimum Gasteiger partial charge on any atom is -0.341 e. The van der Waals surface area contributed by atoms with Gasteiger partial charge in [-0.2, -0.15) is 0 Å². The summed E-state index contributed by atoms with van der Waals surface area (Å²) >= 11 is 1.36. The number of pyridine rings is 1. The molecule has 0 unspecified atom stereocenters. The first kappa shape index (κ1) is 20.8. The van der Waals surface area contributed by atoms with Gasteiger partial charge in [0.15, 0.2) is 0 Å². The Kier molecular flexibility index (Phi) is 6.74. The molecule has 1 atom stereocenters. The second kappa shape index (κ2) is 9.07. The molecule has 28 heavy (non-hydrogen) atoms. The molecule has 150 valence electrons. The highest BCUT2D eigenvalue weighted by Crippen LogP contribution is 2.36. The van der Waals surface area contributed by atoms with Gasteiger partial charge in [0.1, 0.15) is 10.1 Å². The molecule has 0 bridgehead atoms. The first-order chi connectivity index (χ1) is 13.4. The summed E-state index contributed by atoms with van der Waals surface area (Å²) in [7, 11) is -0.548. The van der Waals surface area contributed by atoms with Gasteiger partial charge < -0.3 is 4.90 Å². The molecule has 2 aromatic rings. The van der Waals surface area contributed by atoms with E-state index in [1.165, 1.54) is 38.1 Å². The van der Waals surface area contributed by atoms with Gasteiger partial charge in [0.25, 0.3) is 0 Å². The molecule has 1 saturated heterocycles. The van der Waals surface area contributed by atoms with E-state index in [4.69, 9.17) is 0 Å². The van der Waals surface area contributed by atoms with Crippen molar-refractivity contribution in [1.82, 2.24) is 14.2 Å². The number of rotatable bonds is 6. The van der Waals surface area contributed by atoms with Crippen LogP contribution in [0.4, 0.5) is 0 Å². The van der Waals surface area contributed by atoms with Crippen molar-refractivity contribution < 1.29 is 13.2 Å². The fourth-order valence-electron chi connectivity index (χ4n) is 3.09. The summed E-state index contributed by atoms with van der Waals surface area (Å²) in [6.07, 6.45) is 4.59. The van der Waals surface area contributed by atoms with Gasteiger partial charge in [-0.05, 0) is 37.0 Å². The van der Waals surface area contributed by atoms with E-state index in [1.807, 2.05) is 35.2 Å². The van der Waals surface area contributed by atoms with Crippen LogP contribution in [0.2, 0.25) is 0 Å². The summed E-state index contributed by atoms with van der Waals surface area (Å²) in [4.78, 5) is 19.6. The standard InChI is InChI=1S/C20H25N3O3S2/c1-22(2)28(25,26)17-11-12-18(21-15-17)27-19(16-9-5-3-6-10-16)20(24)23-13-7-4-8-14-23/h3,5-6,9-12,15,19H,4,7-8,13-14H2,1-2H3/t19-/m1/s1. The van der Waals surface area contributed by atoms with Crippen LogP contribution in [0.25, 0.3) is 0 Å². The van der Waals surface area contributed by atoms with Crippen LogP contribution >= 0.6 is 11.8 Å². The zero-order chi connectivity index (χ0) is 20.1. The Morgan fingerprint density at radius 1 is 1.07 bits per heavy atom. The van der Waals surface area contributed by atoms with E-state index in [-0.39, 0.29) is 10.8 Å². The van der Waals surface area contributed by atoms with Crippen molar-refractivity contribution in [3.8, 4) is 0 Å². The van der Waals surface area contributed by atoms with Crippen molar-refractivity contribution in [3.05, 3.63) is 54.2 Å². The molecule has 0 aliphatic carbocycles. The Morgan fingerprint density at radius 2 is 1.75 bits per heavy atom. The largest absolute Gasteiger partial charge is 0.341 e. The predicted molar refractivity (Wildman–Crippen MR) is 111 cm³/mol. The maximum Gasteiger partial charge on any atom is 0.244 e. The predicted octanol–water partition coefficient (Wildman–Crippen LogP) is 3.18. The SMILES string of the molecule is CN(C)S(=O)(=O)c1ccc(S[C@@H](C(=O)N2CCCCC2)c2ccccc2)nc1. The number of sulfonamides is 1. The number of nitrogens with zero attached hydrogens (tertiary/aromatic N) is 3. The molecule has 0 saturated carbocycles. The fraction of sp³-hybridized carbons (Fsp3) is 0.400. The highest BCUT2D eigenvalue weighted by molar-refractivity contribution is 8.00. The Bertz CT molecular complexity index is 894. The van der Waals surface area contributed by atoms with Gasteiger partial charge in [-0.1, -0.05) is 42.1 Å². The summed E-state index contributed by atoms with van der Waals surface area (Å²) in [6.45, 7) is 1.58. The molecule has 2 heterocycles. The molecule has 6 nitrogen and oxygen atoms in total. The number of hydrogen-bond acceptors (Lipinski definition) is 5. The van der Waals surface area contributed by atoms with Gasteiger partial charge in [-0.15, -0.1) is 0 Å². The van der Waals surface area contributed by atoms with Crippen molar-refractivity contribution in [2.24, 2.45) is 0 Å². The molecule has 1 aromatic heterocycles. The van der Waals surface area contributed by atoms with Crippen LogP contribution in [0, 0.1) is 0 Å². The van der Waals surface area contributed by atoms with Crippen molar-refractivity contribution in [2.45, 2.75) is 34.4 Å². The smallest absolute Gasteiger partial charge is 0.244 e. The van der Waals surface area contributed by atoms with Gasteiger partial charge in [0.05, 0.1) is 5.03 Å². The molecule has 1 fully saturated rings. The summed E-state index contributed by atoms with van der Waals surface area (Å²) < 4.78 is 25.6. The molecular weight excluding hydrogens is 394 g/mol. The van der Waals surface area contributed by atoms with Crippen LogP contribution in [0.1, 0.15) is 30.1 Å². The number of carbonyl (C=O) groups is 1. The van der Waals surface area contributed by atoms with Crippen molar-refractivity contribution in [2.75, 3.05) is 27.2 Å². The molecule has 3 rings (SSSR count). The molecule has 0 radical (unpaired) electrons. The fourth-order valence-corrected chi connectivity index (χ4v) is 4.98. The third-order valence-corrected chi connectivity index (χ3v) is 7.71. The van der Waals surface area contributed by atoms with E-state index in [2.05, 4.69) is 4.98 Å². The van der Waals surface area contributed by atoms with Gasteiger partial charge in [0.2, 0.25) is 15.9 Å². The van der Waals surface area contributed by atoms with Crippen LogP contribution in [-0.2, 0) is 14.8 Å². The number of hydrogen-bond donors (Lipinski definition) is 0. The quantitative estimate of drug-likeness (QED) is 0.673. The molecule has 0 spiro atoms. The zero-order valence-corrected chi connectivity index (χ0v) is 17.7. The first-order valence-electron chi connectivity index (χ1n) is 9.28. The van der Waals surface area contributed by atoms with Gasteiger partial charge in [0, 0.05) is 33.4 Å². The molecule has 1 aliphatic heterocycles. The lowest BCUT2D eigenvalue weighted by atomic mass is 10.1. The van der Waals surface area contributed by atoms with E-state index in [1.54, 1.807) is 6.07 Å². The van der Waals surface area contributed by atoms with E-state index >= 15 is 0 Å². The summed E-state index contributed by atoms with van der Waals surface area (Å²) in [6, 6.07) is 12.9. The highest BCUT2D eigenvalue weighted by atomic mass is 32.2. The van der Waals surface area contributed by atoms with Gasteiger partial charge in [-0.3, -0.25) is 4.79 Å². The molecule has 1 aliphatic rings. The van der Waals surface area contributed by atoms with Crippen LogP contribution in [0.3, 0.4) is 0 Å². The lowest BCUT2D eigenvalue weighted by Gasteiger charge is -2.30. The third kappa shape index (κ3) is 4.74. The van der Waals surface area contributed by atoms with Crippen LogP contribution < -0.4 is 0 Å². The summed E-state index contributed by atoms with van der Waals surface area (Å²) in [5, 5.41) is 0.222. The average molecular weight is 420 g/mol. The number of aromatic nitrogens is 1. The van der Waals surface area contributed by atoms with E-state index in [0.717, 1.165) is 42.2 Å². The second-order valence-corrected chi connectivity index (χ2v) is 10.2. The Balaban J connectivity index is 1.84. The van der Waals surface area contributed by atoms with Gasteiger partial charge >= 0.3 is 0 Å². The number of amides is 1. The normalized spacial score (nSPS) is 16.2. The zero-order valence-electron chi connectivity index (χ0n) is 16.1. The lowest BCUT2D eigenvalue weighted by Crippen LogP contribution is -2.38. The van der Waals surface area contributed by atoms with Crippen molar-refractivity contribution in [3.63, 3.8) is 0 Å². The Labute approximate surface area is 171 Å². The molecule has 8 heteroatoms. The average Bonchev–Trinajstić information content (AvgIpc) is 2.73. The molecular formula is C20H25N3O3S2. The number of piperidine rings is 1. The molecule has 1 aromatic carbocycles. The molecule has 0 N–H and O–H groups in total. The van der Waals surface area contributed by atoms with Crippen molar-refractivity contribution >= 4 is 27.7 Å². The summed E-state index contributed by atoms with van der Waals surface area (Å²) in [5.74, 6) is 0.0858. The lowest BCUT2D eigenvalue weighted by molar-refractivity contribution is -0.131. The maximum atomic E-state index is 13.2. The third-order valence-electron chi connectivity index (χ3n) is 4.72. The second-order valence-electron chi connectivity index (χ2n) is 6.91. The van der Waals surface area contributed by atoms with Crippen LogP contribution in [0.5, 0.6) is 0 Å². The minimum absolute atomic E-state index is 0.0858. The number of thioether (sulfide) groups is 1. The van der Waals surface area contributed by atoms with E-state index in [0.29, 0.717) is 5.03 Å². The highest BCUT2D eigenvalue weighted by Gasteiger charge is 2.28. The maximum absolute atomic E-state index is 13.2. The Hall–Kier alpha value is -1.90. The van der Waals surface area contributed by atoms with E-state index < -0.39 is 15.3 Å². The monoisotopic (exact) mass is 419 g/mol. The van der Waals surface area contributed by atoms with Crippen LogP contribution in [-0.4, -0.2) is 55.7 Å². The Morgan fingerprint density at radius 3 is 2.32 bits per heavy atom. The van der Waals surface area contributed by atoms with E-state index in [9.17, 15) is 13.2 Å². The van der Waals surface area contributed by atoms with Crippen molar-refractivity contribution in [1.29, 1.82) is 0 Å². The minimum atomic E-state index is -3.52. The number of likely N-dealkylation sites (tertiary alicyclic amines) is 1.